The number of nitrogens with zero attached hydrogens (tertiary/aromatic N) is 4. The number of piperidine rings is 1. The zero-order valence-corrected chi connectivity index (χ0v) is 16.8. The molecule has 1 atom stereocenters. The fourth-order valence-corrected chi connectivity index (χ4v) is 5.52. The van der Waals surface area contributed by atoms with Gasteiger partial charge in [0.2, 0.25) is 5.13 Å². The van der Waals surface area contributed by atoms with E-state index in [4.69, 9.17) is 10.7 Å². The Morgan fingerprint density at radius 3 is 2.96 bits per heavy atom. The Labute approximate surface area is 166 Å². The van der Waals surface area contributed by atoms with Crippen LogP contribution in [0.1, 0.15) is 43.0 Å². The van der Waals surface area contributed by atoms with Crippen LogP contribution in [0.5, 0.6) is 0 Å². The van der Waals surface area contributed by atoms with Crippen LogP contribution in [0.2, 0.25) is 0 Å². The van der Waals surface area contributed by atoms with Gasteiger partial charge in [-0.25, -0.2) is 4.98 Å². The van der Waals surface area contributed by atoms with Crippen molar-refractivity contribution in [3.63, 3.8) is 0 Å². The maximum Gasteiger partial charge on any atom is 0.203 e. The Morgan fingerprint density at radius 1 is 1.22 bits per heavy atom. The summed E-state index contributed by atoms with van der Waals surface area (Å²) in [4.78, 5) is 7.47. The van der Waals surface area contributed by atoms with Gasteiger partial charge in [-0.1, -0.05) is 29.5 Å². The van der Waals surface area contributed by atoms with Gasteiger partial charge in [0.25, 0.3) is 0 Å². The lowest BCUT2D eigenvalue weighted by molar-refractivity contribution is 0.484. The highest BCUT2D eigenvalue weighted by atomic mass is 32.1. The minimum atomic E-state index is 0.501. The van der Waals surface area contributed by atoms with Crippen molar-refractivity contribution < 1.29 is 0 Å². The monoisotopic (exact) mass is 395 g/mol. The van der Waals surface area contributed by atoms with Crippen LogP contribution in [-0.2, 0) is 6.42 Å². The predicted molar refractivity (Wildman–Crippen MR) is 113 cm³/mol. The van der Waals surface area contributed by atoms with Gasteiger partial charge in [0.15, 0.2) is 5.13 Å². The van der Waals surface area contributed by atoms with Crippen LogP contribution >= 0.6 is 22.7 Å². The number of aromatic nitrogens is 3. The molecule has 0 spiro atoms. The largest absolute Gasteiger partial charge is 0.374 e. The Balaban J connectivity index is 1.47. The normalized spacial score (nSPS) is 19.2. The third-order valence-electron chi connectivity index (χ3n) is 5.43. The molecule has 0 radical (unpaired) electrons. The van der Waals surface area contributed by atoms with Crippen LogP contribution < -0.4 is 10.6 Å². The van der Waals surface area contributed by atoms with Crippen LogP contribution in [0.4, 0.5) is 10.3 Å². The molecule has 1 aliphatic heterocycles. The average molecular weight is 396 g/mol. The lowest BCUT2D eigenvalue weighted by Gasteiger charge is -2.33. The molecule has 7 heteroatoms. The number of hydrogen-bond acceptors (Lipinski definition) is 7. The van der Waals surface area contributed by atoms with Crippen LogP contribution in [-0.4, -0.2) is 27.8 Å². The van der Waals surface area contributed by atoms with E-state index in [9.17, 15) is 0 Å². The topological polar surface area (TPSA) is 67.9 Å². The summed E-state index contributed by atoms with van der Waals surface area (Å²) in [6.45, 7) is 3.43. The Hall–Kier alpha value is -2.25. The molecular formula is C20H21N5S2. The zero-order valence-electron chi connectivity index (χ0n) is 15.2. The molecule has 2 aliphatic rings. The lowest BCUT2D eigenvalue weighted by atomic mass is 10.0. The molecule has 3 heterocycles. The molecule has 0 saturated carbocycles. The van der Waals surface area contributed by atoms with Gasteiger partial charge in [-0.2, -0.15) is 0 Å². The maximum absolute atomic E-state index is 5.75. The van der Waals surface area contributed by atoms with Crippen molar-refractivity contribution in [3.8, 4) is 10.6 Å². The molecule has 0 bridgehead atoms. The molecule has 2 N–H and O–H groups in total. The molecule has 0 amide bonds. The third kappa shape index (κ3) is 3.04. The first-order valence-corrected chi connectivity index (χ1v) is 11.0. The summed E-state index contributed by atoms with van der Waals surface area (Å²) in [6, 6.07) is 7.08. The average Bonchev–Trinajstić information content (AvgIpc) is 3.40. The number of thiazole rings is 1. The van der Waals surface area contributed by atoms with Gasteiger partial charge >= 0.3 is 0 Å². The van der Waals surface area contributed by atoms with Gasteiger partial charge in [-0.05, 0) is 49.8 Å². The molecule has 5 rings (SSSR count). The Kier molecular flexibility index (Phi) is 4.21. The molecule has 27 heavy (non-hydrogen) atoms. The predicted octanol–water partition coefficient (Wildman–Crippen LogP) is 4.61. The third-order valence-corrected chi connectivity index (χ3v) is 7.11. The second-order valence-electron chi connectivity index (χ2n) is 7.19. The van der Waals surface area contributed by atoms with E-state index in [1.54, 1.807) is 11.3 Å². The number of nitrogen functional groups attached to an aromatic ring is 1. The summed E-state index contributed by atoms with van der Waals surface area (Å²) in [5.41, 5.74) is 11.7. The first kappa shape index (κ1) is 16.9. The summed E-state index contributed by atoms with van der Waals surface area (Å²) in [7, 11) is 0. The van der Waals surface area contributed by atoms with Gasteiger partial charge in [-0.15, -0.1) is 21.5 Å². The van der Waals surface area contributed by atoms with Crippen molar-refractivity contribution in [1.82, 2.24) is 15.2 Å². The van der Waals surface area contributed by atoms with E-state index in [-0.39, 0.29) is 0 Å². The SMILES string of the molecule is C[C@H]1CCCCN1c1nc(C2=CCc3ccc(-c4nnc(N)s4)cc32)cs1. The summed E-state index contributed by atoms with van der Waals surface area (Å²) < 4.78 is 0. The van der Waals surface area contributed by atoms with E-state index in [0.717, 1.165) is 34.4 Å². The van der Waals surface area contributed by atoms with E-state index >= 15 is 0 Å². The number of hydrogen-bond donors (Lipinski definition) is 1. The van der Waals surface area contributed by atoms with E-state index < -0.39 is 0 Å². The zero-order chi connectivity index (χ0) is 18.4. The molecule has 0 unspecified atom stereocenters. The molecule has 5 nitrogen and oxygen atoms in total. The summed E-state index contributed by atoms with van der Waals surface area (Å²) >= 11 is 3.18. The van der Waals surface area contributed by atoms with Crippen molar-refractivity contribution >= 4 is 38.5 Å². The molecule has 1 fully saturated rings. The van der Waals surface area contributed by atoms with Gasteiger partial charge in [-0.3, -0.25) is 0 Å². The van der Waals surface area contributed by atoms with Crippen molar-refractivity contribution in [2.45, 2.75) is 38.6 Å². The first-order valence-electron chi connectivity index (χ1n) is 9.34. The van der Waals surface area contributed by atoms with Gasteiger partial charge in [0.1, 0.15) is 5.01 Å². The Morgan fingerprint density at radius 2 is 2.15 bits per heavy atom. The second kappa shape index (κ2) is 6.73. The van der Waals surface area contributed by atoms with E-state index in [1.165, 1.54) is 47.3 Å². The van der Waals surface area contributed by atoms with Crippen molar-refractivity contribution in [1.29, 1.82) is 0 Å². The van der Waals surface area contributed by atoms with Crippen molar-refractivity contribution in [2.24, 2.45) is 0 Å². The molecule has 138 valence electrons. The number of rotatable bonds is 3. The van der Waals surface area contributed by atoms with E-state index in [1.807, 2.05) is 0 Å². The lowest BCUT2D eigenvalue weighted by Crippen LogP contribution is -2.37. The number of nitrogens with two attached hydrogens (primary N) is 1. The highest BCUT2D eigenvalue weighted by Gasteiger charge is 2.24. The highest BCUT2D eigenvalue weighted by molar-refractivity contribution is 7.18. The molecule has 1 aromatic carbocycles. The molecule has 1 saturated heterocycles. The number of anilines is 2. The molecule has 1 aliphatic carbocycles. The van der Waals surface area contributed by atoms with Crippen molar-refractivity contribution in [2.75, 3.05) is 17.2 Å². The quantitative estimate of drug-likeness (QED) is 0.701. The van der Waals surface area contributed by atoms with Crippen molar-refractivity contribution in [3.05, 3.63) is 46.5 Å². The standard InChI is InChI=1S/C20H21N5S2/c1-12-4-2-3-9-25(12)20-22-17(11-26-20)15-8-7-13-5-6-14(10-16(13)15)18-23-24-19(21)27-18/h5-6,8,10-12H,2-4,7,9H2,1H3,(H2,21,24)/t12-/m0/s1. The van der Waals surface area contributed by atoms with Crippen LogP contribution in [0, 0.1) is 0 Å². The minimum absolute atomic E-state index is 0.501. The van der Waals surface area contributed by atoms with Crippen LogP contribution in [0.15, 0.2) is 29.7 Å². The van der Waals surface area contributed by atoms with Gasteiger partial charge < -0.3 is 10.6 Å². The summed E-state index contributed by atoms with van der Waals surface area (Å²) in [5.74, 6) is 0. The number of allylic oxidation sites excluding steroid dienone is 1. The van der Waals surface area contributed by atoms with Gasteiger partial charge in [0, 0.05) is 29.1 Å². The first-order chi connectivity index (χ1) is 13.2. The van der Waals surface area contributed by atoms with Crippen LogP contribution in [0.3, 0.4) is 0 Å². The smallest absolute Gasteiger partial charge is 0.203 e. The molecular weight excluding hydrogens is 374 g/mol. The van der Waals surface area contributed by atoms with E-state index in [0.29, 0.717) is 11.2 Å². The second-order valence-corrected chi connectivity index (χ2v) is 9.04. The fraction of sp³-hybridized carbons (Fsp3) is 0.350. The number of fused-ring (bicyclic) bond motifs is 1. The molecule has 2 aromatic heterocycles. The summed E-state index contributed by atoms with van der Waals surface area (Å²) in [6.07, 6.45) is 7.10. The summed E-state index contributed by atoms with van der Waals surface area (Å²) in [5, 5.41) is 12.8. The van der Waals surface area contributed by atoms with Crippen LogP contribution in [0.25, 0.3) is 16.1 Å². The number of benzene rings is 1. The Bertz CT molecular complexity index is 1020. The van der Waals surface area contributed by atoms with Gasteiger partial charge in [0.05, 0.1) is 5.69 Å². The maximum atomic E-state index is 5.75. The fourth-order valence-electron chi connectivity index (χ4n) is 3.96. The van der Waals surface area contributed by atoms with E-state index in [2.05, 4.69) is 51.7 Å². The highest BCUT2D eigenvalue weighted by Crippen LogP contribution is 2.38. The molecule has 3 aromatic rings. The minimum Gasteiger partial charge on any atom is -0.374 e.